The number of aliphatic carboxylic acids is 1. The van der Waals surface area contributed by atoms with Crippen LogP contribution in [0.2, 0.25) is 0 Å². The fourth-order valence-electron chi connectivity index (χ4n) is 5.83. The Bertz CT molecular complexity index is 834. The minimum absolute atomic E-state index is 0.0831. The van der Waals surface area contributed by atoms with E-state index in [-0.39, 0.29) is 17.7 Å². The van der Waals surface area contributed by atoms with Crippen LogP contribution in [0, 0.1) is 5.92 Å². The minimum Gasteiger partial charge on any atom is -0.480 e. The molecule has 3 N–H and O–H groups in total. The molecule has 0 radical (unpaired) electrons. The average molecular weight is 514 g/mol. The molecule has 0 unspecified atom stereocenters. The summed E-state index contributed by atoms with van der Waals surface area (Å²) in [6.07, 6.45) is 16.4. The highest BCUT2D eigenvalue weighted by Gasteiger charge is 2.39. The van der Waals surface area contributed by atoms with Crippen molar-refractivity contribution in [3.05, 3.63) is 35.9 Å². The van der Waals surface area contributed by atoms with Crippen LogP contribution in [-0.2, 0) is 9.59 Å². The Morgan fingerprint density at radius 3 is 1.97 bits per heavy atom. The SMILES string of the molecule is C1CCC(NC2CCCCC2)CC1.CC[C@H](C)[C@@H](NC(=O)c1ccccc1)C(=O)N1CCC[C@H]1C(=O)O. The zero-order valence-corrected chi connectivity index (χ0v) is 22.8. The third-order valence-electron chi connectivity index (χ3n) is 8.30. The summed E-state index contributed by atoms with van der Waals surface area (Å²) in [4.78, 5) is 38.0. The van der Waals surface area contributed by atoms with E-state index in [2.05, 4.69) is 10.6 Å². The lowest BCUT2D eigenvalue weighted by Crippen LogP contribution is -2.54. The number of carbonyl (C=O) groups is 3. The molecule has 1 aromatic rings. The van der Waals surface area contributed by atoms with Crippen molar-refractivity contribution in [3.63, 3.8) is 0 Å². The van der Waals surface area contributed by atoms with Gasteiger partial charge >= 0.3 is 5.97 Å². The van der Waals surface area contributed by atoms with E-state index in [0.29, 0.717) is 31.4 Å². The van der Waals surface area contributed by atoms with Gasteiger partial charge in [0.05, 0.1) is 0 Å². The zero-order valence-electron chi connectivity index (χ0n) is 22.8. The second-order valence-corrected chi connectivity index (χ2v) is 11.1. The molecule has 4 rings (SSSR count). The maximum absolute atomic E-state index is 12.9. The molecular formula is C30H47N3O4. The second kappa shape index (κ2) is 15.1. The van der Waals surface area contributed by atoms with Crippen LogP contribution in [0.15, 0.2) is 30.3 Å². The molecule has 1 heterocycles. The fraction of sp³-hybridized carbons (Fsp3) is 0.700. The molecule has 7 nitrogen and oxygen atoms in total. The normalized spacial score (nSPS) is 22.4. The molecule has 3 aliphatic rings. The van der Waals surface area contributed by atoms with Gasteiger partial charge in [0.25, 0.3) is 5.91 Å². The number of nitrogens with zero attached hydrogens (tertiary/aromatic N) is 1. The Morgan fingerprint density at radius 2 is 1.46 bits per heavy atom. The van der Waals surface area contributed by atoms with Gasteiger partial charge in [0.2, 0.25) is 5.91 Å². The number of hydrogen-bond acceptors (Lipinski definition) is 4. The zero-order chi connectivity index (χ0) is 26.6. The van der Waals surface area contributed by atoms with E-state index in [1.54, 1.807) is 24.3 Å². The first kappa shape index (κ1) is 29.2. The summed E-state index contributed by atoms with van der Waals surface area (Å²) in [6.45, 7) is 4.25. The van der Waals surface area contributed by atoms with Gasteiger partial charge in [-0.05, 0) is 56.6 Å². The summed E-state index contributed by atoms with van der Waals surface area (Å²) >= 11 is 0. The van der Waals surface area contributed by atoms with Gasteiger partial charge in [-0.25, -0.2) is 4.79 Å². The molecule has 1 aliphatic heterocycles. The van der Waals surface area contributed by atoms with E-state index in [1.165, 1.54) is 69.1 Å². The standard InChI is InChI=1S/C18H24N2O4.C12H23N/c1-3-12(2)15(19-16(21)13-8-5-4-6-9-13)17(22)20-11-7-10-14(20)18(23)24;1-3-7-11(8-4-1)13-12-9-5-2-6-10-12/h4-6,8-9,12,14-15H,3,7,10-11H2,1-2H3,(H,19,21)(H,23,24);11-13H,1-10H2/t12-,14-,15+;/m0./s1. The lowest BCUT2D eigenvalue weighted by molar-refractivity contribution is -0.149. The molecule has 0 aromatic heterocycles. The van der Waals surface area contributed by atoms with Crippen LogP contribution in [0.4, 0.5) is 0 Å². The van der Waals surface area contributed by atoms with E-state index in [4.69, 9.17) is 0 Å². The quantitative estimate of drug-likeness (QED) is 0.447. The number of benzene rings is 1. The van der Waals surface area contributed by atoms with Crippen LogP contribution >= 0.6 is 0 Å². The van der Waals surface area contributed by atoms with Crippen molar-refractivity contribution in [2.45, 2.75) is 121 Å². The van der Waals surface area contributed by atoms with Crippen molar-refractivity contribution in [2.24, 2.45) is 5.92 Å². The average Bonchev–Trinajstić information content (AvgIpc) is 3.43. The molecule has 2 amide bonds. The molecule has 7 heteroatoms. The topological polar surface area (TPSA) is 98.7 Å². The third-order valence-corrected chi connectivity index (χ3v) is 8.30. The van der Waals surface area contributed by atoms with Gasteiger partial charge in [-0.1, -0.05) is 77.0 Å². The molecule has 1 aromatic carbocycles. The van der Waals surface area contributed by atoms with Gasteiger partial charge in [-0.15, -0.1) is 0 Å². The predicted octanol–water partition coefficient (Wildman–Crippen LogP) is 5.15. The number of rotatable bonds is 8. The maximum atomic E-state index is 12.9. The third kappa shape index (κ3) is 8.84. The predicted molar refractivity (Wildman–Crippen MR) is 146 cm³/mol. The summed E-state index contributed by atoms with van der Waals surface area (Å²) in [5, 5.41) is 15.9. The van der Waals surface area contributed by atoms with Crippen molar-refractivity contribution in [1.29, 1.82) is 0 Å². The monoisotopic (exact) mass is 513 g/mol. The molecule has 3 atom stereocenters. The highest BCUT2D eigenvalue weighted by Crippen LogP contribution is 2.23. The molecule has 2 saturated carbocycles. The molecule has 0 bridgehead atoms. The Labute approximate surface area is 222 Å². The summed E-state index contributed by atoms with van der Waals surface area (Å²) in [7, 11) is 0. The highest BCUT2D eigenvalue weighted by atomic mass is 16.4. The summed E-state index contributed by atoms with van der Waals surface area (Å²) in [5.74, 6) is -1.70. The Balaban J connectivity index is 0.000000244. The Hall–Kier alpha value is -2.41. The molecule has 206 valence electrons. The van der Waals surface area contributed by atoms with Crippen molar-refractivity contribution < 1.29 is 19.5 Å². The van der Waals surface area contributed by atoms with Crippen LogP contribution in [0.5, 0.6) is 0 Å². The van der Waals surface area contributed by atoms with E-state index < -0.39 is 18.1 Å². The van der Waals surface area contributed by atoms with Crippen molar-refractivity contribution >= 4 is 17.8 Å². The molecule has 2 aliphatic carbocycles. The van der Waals surface area contributed by atoms with Gasteiger partial charge < -0.3 is 20.6 Å². The lowest BCUT2D eigenvalue weighted by Gasteiger charge is -2.30. The smallest absolute Gasteiger partial charge is 0.326 e. The number of nitrogens with one attached hydrogen (secondary N) is 2. The summed E-state index contributed by atoms with van der Waals surface area (Å²) in [6, 6.07) is 8.93. The van der Waals surface area contributed by atoms with Crippen LogP contribution in [0.25, 0.3) is 0 Å². The summed E-state index contributed by atoms with van der Waals surface area (Å²) < 4.78 is 0. The second-order valence-electron chi connectivity index (χ2n) is 11.1. The van der Waals surface area contributed by atoms with Crippen LogP contribution in [0.3, 0.4) is 0 Å². The highest BCUT2D eigenvalue weighted by molar-refractivity contribution is 5.98. The van der Waals surface area contributed by atoms with E-state index in [9.17, 15) is 19.5 Å². The van der Waals surface area contributed by atoms with E-state index in [0.717, 1.165) is 12.1 Å². The van der Waals surface area contributed by atoms with Crippen molar-refractivity contribution in [2.75, 3.05) is 6.54 Å². The number of amides is 2. The fourth-order valence-corrected chi connectivity index (χ4v) is 5.83. The molecule has 0 spiro atoms. The van der Waals surface area contributed by atoms with Crippen LogP contribution in [-0.4, -0.2) is 58.5 Å². The van der Waals surface area contributed by atoms with Crippen molar-refractivity contribution in [3.8, 4) is 0 Å². The first-order chi connectivity index (χ1) is 17.9. The molecule has 3 fully saturated rings. The number of carboxylic acid groups (broad SMARTS) is 1. The number of carbonyl (C=O) groups excluding carboxylic acids is 2. The number of hydrogen-bond donors (Lipinski definition) is 3. The van der Waals surface area contributed by atoms with Gasteiger partial charge in [-0.2, -0.15) is 0 Å². The van der Waals surface area contributed by atoms with Gasteiger partial charge in [-0.3, -0.25) is 9.59 Å². The number of likely N-dealkylation sites (tertiary alicyclic amines) is 1. The first-order valence-electron chi connectivity index (χ1n) is 14.6. The largest absolute Gasteiger partial charge is 0.480 e. The first-order valence-corrected chi connectivity index (χ1v) is 14.6. The maximum Gasteiger partial charge on any atom is 0.326 e. The minimum atomic E-state index is -0.988. The van der Waals surface area contributed by atoms with Crippen LogP contribution in [0.1, 0.15) is 108 Å². The molecular weight excluding hydrogens is 466 g/mol. The van der Waals surface area contributed by atoms with E-state index in [1.807, 2.05) is 19.9 Å². The van der Waals surface area contributed by atoms with E-state index >= 15 is 0 Å². The molecule has 37 heavy (non-hydrogen) atoms. The van der Waals surface area contributed by atoms with Gasteiger partial charge in [0, 0.05) is 24.2 Å². The van der Waals surface area contributed by atoms with Gasteiger partial charge in [0.1, 0.15) is 12.1 Å². The van der Waals surface area contributed by atoms with Crippen molar-refractivity contribution in [1.82, 2.24) is 15.5 Å². The van der Waals surface area contributed by atoms with Crippen LogP contribution < -0.4 is 10.6 Å². The lowest BCUT2D eigenvalue weighted by atomic mass is 9.91. The Morgan fingerprint density at radius 1 is 0.892 bits per heavy atom. The number of carboxylic acids is 1. The Kier molecular flexibility index (Phi) is 11.9. The summed E-state index contributed by atoms with van der Waals surface area (Å²) in [5.41, 5.74) is 0.481. The van der Waals surface area contributed by atoms with Gasteiger partial charge in [0.15, 0.2) is 0 Å². The molecule has 1 saturated heterocycles.